The largest absolute Gasteiger partial charge is 0.417 e. The van der Waals surface area contributed by atoms with Crippen LogP contribution in [0.5, 0.6) is 11.6 Å². The van der Waals surface area contributed by atoms with Gasteiger partial charge >= 0.3 is 11.9 Å². The number of aldehydes is 1. The van der Waals surface area contributed by atoms with Gasteiger partial charge in [0.1, 0.15) is 5.57 Å². The van der Waals surface area contributed by atoms with Crippen LogP contribution < -0.4 is 14.5 Å². The molecule has 134 valence electrons. The third-order valence-corrected chi connectivity index (χ3v) is 4.12. The van der Waals surface area contributed by atoms with Crippen LogP contribution in [0.1, 0.15) is 0 Å². The zero-order valence-electron chi connectivity index (χ0n) is 14.2. The van der Waals surface area contributed by atoms with Gasteiger partial charge in [-0.15, -0.1) is 0 Å². The summed E-state index contributed by atoms with van der Waals surface area (Å²) in [5, 5.41) is 2.60. The van der Waals surface area contributed by atoms with Gasteiger partial charge < -0.3 is 9.47 Å². The summed E-state index contributed by atoms with van der Waals surface area (Å²) in [5.41, 5.74) is 1.16. The van der Waals surface area contributed by atoms with Crippen LogP contribution in [0.25, 0.3) is 10.9 Å². The van der Waals surface area contributed by atoms with Crippen LogP contribution in [0.15, 0.2) is 60.4 Å². The van der Waals surface area contributed by atoms with Crippen LogP contribution in [0, 0.1) is 0 Å². The number of carbonyl (C=O) groups excluding carboxylic acids is 3. The molecule has 0 bridgehead atoms. The topological polar surface area (TPSA) is 90.7 Å². The van der Waals surface area contributed by atoms with E-state index in [1.54, 1.807) is 24.5 Å². The number of hydrogen-bond acceptors (Lipinski definition) is 7. The Morgan fingerprint density at radius 1 is 1.11 bits per heavy atom. The van der Waals surface area contributed by atoms with E-state index < -0.39 is 17.5 Å². The lowest BCUT2D eigenvalue weighted by atomic mass is 10.2. The number of nitrogens with zero attached hydrogens (tertiary/aromatic N) is 3. The quantitative estimate of drug-likeness (QED) is 0.399. The second-order valence-electron chi connectivity index (χ2n) is 5.73. The van der Waals surface area contributed by atoms with Crippen molar-refractivity contribution in [3.63, 3.8) is 0 Å². The molecule has 0 atom stereocenters. The van der Waals surface area contributed by atoms with Gasteiger partial charge in [-0.1, -0.05) is 18.2 Å². The molecule has 0 saturated carbocycles. The molecule has 1 aliphatic rings. The number of para-hydroxylation sites is 1. The van der Waals surface area contributed by atoms with Crippen molar-refractivity contribution in [2.24, 2.45) is 0 Å². The molecule has 1 aromatic carbocycles. The van der Waals surface area contributed by atoms with Crippen LogP contribution in [-0.2, 0) is 14.4 Å². The molecular formula is C19H13N3O5. The minimum atomic E-state index is -0.934. The summed E-state index contributed by atoms with van der Waals surface area (Å²) in [4.78, 5) is 39.3. The van der Waals surface area contributed by atoms with Crippen LogP contribution >= 0.6 is 0 Å². The highest BCUT2D eigenvalue weighted by molar-refractivity contribution is 6.13. The van der Waals surface area contributed by atoms with E-state index in [0.29, 0.717) is 0 Å². The summed E-state index contributed by atoms with van der Waals surface area (Å²) in [6.07, 6.45) is 4.31. The lowest BCUT2D eigenvalue weighted by molar-refractivity contribution is -0.135. The molecule has 0 N–H and O–H groups in total. The van der Waals surface area contributed by atoms with Gasteiger partial charge in [-0.3, -0.25) is 14.8 Å². The van der Waals surface area contributed by atoms with Crippen molar-refractivity contribution in [3.05, 3.63) is 60.4 Å². The predicted octanol–water partition coefficient (Wildman–Crippen LogP) is 1.89. The SMILES string of the molecule is CN(c1ccnc2ccccc12)n1ccc2c1OC(=O)/C(C=O)=C\C(=O)O2. The van der Waals surface area contributed by atoms with Crippen molar-refractivity contribution in [3.8, 4) is 11.6 Å². The number of carbonyl (C=O) groups is 3. The molecule has 2 aromatic heterocycles. The molecule has 27 heavy (non-hydrogen) atoms. The van der Waals surface area contributed by atoms with E-state index >= 15 is 0 Å². The smallest absolute Gasteiger partial charge is 0.348 e. The molecule has 0 amide bonds. The molecule has 4 rings (SSSR count). The van der Waals surface area contributed by atoms with Crippen molar-refractivity contribution in [1.29, 1.82) is 0 Å². The Bertz CT molecular complexity index is 1110. The second-order valence-corrected chi connectivity index (χ2v) is 5.73. The number of pyridine rings is 1. The van der Waals surface area contributed by atoms with Gasteiger partial charge in [-0.2, -0.15) is 0 Å². The van der Waals surface area contributed by atoms with Crippen molar-refractivity contribution >= 4 is 34.8 Å². The van der Waals surface area contributed by atoms with Gasteiger partial charge in [0.05, 0.1) is 11.2 Å². The first-order valence-electron chi connectivity index (χ1n) is 7.98. The number of aromatic nitrogens is 2. The third kappa shape index (κ3) is 2.82. The molecule has 8 heteroatoms. The molecule has 0 radical (unpaired) electrons. The van der Waals surface area contributed by atoms with Gasteiger partial charge in [-0.25, -0.2) is 14.3 Å². The number of esters is 2. The van der Waals surface area contributed by atoms with Gasteiger partial charge in [0.15, 0.2) is 12.0 Å². The van der Waals surface area contributed by atoms with E-state index in [1.165, 1.54) is 10.7 Å². The summed E-state index contributed by atoms with van der Waals surface area (Å²) < 4.78 is 12.0. The molecule has 0 fully saturated rings. The van der Waals surface area contributed by atoms with Crippen molar-refractivity contribution in [2.45, 2.75) is 0 Å². The third-order valence-electron chi connectivity index (χ3n) is 4.12. The molecule has 3 aromatic rings. The van der Waals surface area contributed by atoms with Gasteiger partial charge in [-0.05, 0) is 12.1 Å². The summed E-state index contributed by atoms with van der Waals surface area (Å²) in [7, 11) is 1.76. The fourth-order valence-electron chi connectivity index (χ4n) is 2.83. The summed E-state index contributed by atoms with van der Waals surface area (Å²) in [6.45, 7) is 0. The molecule has 0 aliphatic carbocycles. The highest BCUT2D eigenvalue weighted by Gasteiger charge is 2.26. The van der Waals surface area contributed by atoms with Crippen molar-refractivity contribution in [1.82, 2.24) is 9.66 Å². The monoisotopic (exact) mass is 363 g/mol. The zero-order valence-corrected chi connectivity index (χ0v) is 14.2. The summed E-state index contributed by atoms with van der Waals surface area (Å²) >= 11 is 0. The standard InChI is InChI=1S/C19H13N3O5/c1-21(15-6-8-20-14-5-3-2-4-13(14)15)22-9-7-16-18(22)27-19(25)12(11-23)10-17(24)26-16/h2-11H,1H3/b12-10-. The van der Waals surface area contributed by atoms with Crippen LogP contribution in [0.4, 0.5) is 5.69 Å². The van der Waals surface area contributed by atoms with E-state index in [0.717, 1.165) is 22.7 Å². The van der Waals surface area contributed by atoms with Gasteiger partial charge in [0, 0.05) is 37.0 Å². The first kappa shape index (κ1) is 16.5. The lowest BCUT2D eigenvalue weighted by Crippen LogP contribution is -2.27. The summed E-state index contributed by atoms with van der Waals surface area (Å²) in [6, 6.07) is 10.9. The maximum absolute atomic E-state index is 12.2. The maximum Gasteiger partial charge on any atom is 0.348 e. The van der Waals surface area contributed by atoms with E-state index in [9.17, 15) is 14.4 Å². The fourth-order valence-corrected chi connectivity index (χ4v) is 2.83. The van der Waals surface area contributed by atoms with E-state index in [-0.39, 0.29) is 17.9 Å². The van der Waals surface area contributed by atoms with Gasteiger partial charge in [0.25, 0.3) is 5.88 Å². The average molecular weight is 363 g/mol. The van der Waals surface area contributed by atoms with Gasteiger partial charge in [0.2, 0.25) is 0 Å². The Balaban J connectivity index is 1.81. The molecule has 1 aliphatic heterocycles. The maximum atomic E-state index is 12.2. The fraction of sp³-hybridized carbons (Fsp3) is 0.0526. The normalized spacial score (nSPS) is 15.7. The van der Waals surface area contributed by atoms with Crippen LogP contribution in [0.2, 0.25) is 0 Å². The lowest BCUT2D eigenvalue weighted by Gasteiger charge is -2.24. The Kier molecular flexibility index (Phi) is 3.92. The molecule has 0 saturated heterocycles. The van der Waals surface area contributed by atoms with Crippen LogP contribution in [0.3, 0.4) is 0 Å². The molecular weight excluding hydrogens is 350 g/mol. The predicted molar refractivity (Wildman–Crippen MR) is 95.4 cm³/mol. The van der Waals surface area contributed by atoms with Crippen molar-refractivity contribution in [2.75, 3.05) is 12.1 Å². The number of rotatable bonds is 3. The molecule has 8 nitrogen and oxygen atoms in total. The molecule has 0 spiro atoms. The minimum absolute atomic E-state index is 0.0100. The summed E-state index contributed by atoms with van der Waals surface area (Å²) in [5.74, 6) is -1.70. The Morgan fingerprint density at radius 3 is 2.74 bits per heavy atom. The average Bonchev–Trinajstić information content (AvgIpc) is 3.05. The Labute approximate surface area is 153 Å². The number of benzene rings is 1. The second kappa shape index (κ2) is 6.41. The van der Waals surface area contributed by atoms with E-state index in [2.05, 4.69) is 4.98 Å². The number of anilines is 1. The van der Waals surface area contributed by atoms with Crippen LogP contribution in [-0.4, -0.2) is 34.9 Å². The number of hydrogen-bond donors (Lipinski definition) is 0. The Hall–Kier alpha value is -3.94. The van der Waals surface area contributed by atoms with E-state index in [4.69, 9.17) is 9.47 Å². The number of ether oxygens (including phenoxy) is 2. The molecule has 0 unspecified atom stereocenters. The van der Waals surface area contributed by atoms with Crippen molar-refractivity contribution < 1.29 is 23.9 Å². The highest BCUT2D eigenvalue weighted by Crippen LogP contribution is 2.34. The molecule has 3 heterocycles. The first-order valence-corrected chi connectivity index (χ1v) is 7.98. The van der Waals surface area contributed by atoms with E-state index in [1.807, 2.05) is 30.3 Å². The Morgan fingerprint density at radius 2 is 1.93 bits per heavy atom. The number of fused-ring (bicyclic) bond motifs is 2. The first-order chi connectivity index (χ1) is 13.1. The highest BCUT2D eigenvalue weighted by atomic mass is 16.6. The zero-order chi connectivity index (χ0) is 19.0. The minimum Gasteiger partial charge on any atom is -0.417 e.